The summed E-state index contributed by atoms with van der Waals surface area (Å²) >= 11 is 0. The van der Waals surface area contributed by atoms with Gasteiger partial charge in [0.15, 0.2) is 11.5 Å². The van der Waals surface area contributed by atoms with E-state index in [-0.39, 0.29) is 27.9 Å². The van der Waals surface area contributed by atoms with Gasteiger partial charge in [-0.1, -0.05) is 0 Å². The average molecular weight is 247 g/mol. The third-order valence-corrected chi connectivity index (χ3v) is 2.93. The van der Waals surface area contributed by atoms with Crippen LogP contribution < -0.4 is 0 Å². The Labute approximate surface area is 100.0 Å². The average Bonchev–Trinajstić information content (AvgIpc) is 2.72. The van der Waals surface area contributed by atoms with Crippen LogP contribution in [-0.2, 0) is 0 Å². The molecule has 2 aromatic carbocycles. The molecule has 0 aliphatic rings. The number of hydrogen-bond donors (Lipinski definition) is 6. The van der Waals surface area contributed by atoms with Gasteiger partial charge in [-0.25, -0.2) is 0 Å². The van der Waals surface area contributed by atoms with Crippen molar-refractivity contribution in [1.82, 2.24) is 4.98 Å². The molecule has 6 heteroatoms. The van der Waals surface area contributed by atoms with Crippen molar-refractivity contribution in [3.63, 3.8) is 0 Å². The largest absolute Gasteiger partial charge is 0.507 e. The van der Waals surface area contributed by atoms with Crippen molar-refractivity contribution in [1.29, 1.82) is 0 Å². The van der Waals surface area contributed by atoms with Crippen LogP contribution in [0.1, 0.15) is 0 Å². The zero-order valence-electron chi connectivity index (χ0n) is 8.97. The minimum atomic E-state index is -0.659. The van der Waals surface area contributed by atoms with Crippen molar-refractivity contribution in [2.45, 2.75) is 0 Å². The second-order valence-corrected chi connectivity index (χ2v) is 3.99. The number of aromatic hydroxyl groups is 5. The molecule has 0 atom stereocenters. The fourth-order valence-electron chi connectivity index (χ4n) is 2.07. The Hall–Kier alpha value is -2.76. The Bertz CT molecular complexity index is 790. The summed E-state index contributed by atoms with van der Waals surface area (Å²) in [6.45, 7) is 0. The zero-order chi connectivity index (χ0) is 13.0. The van der Waals surface area contributed by atoms with Crippen molar-refractivity contribution in [2.24, 2.45) is 0 Å². The molecule has 0 saturated heterocycles. The normalized spacial score (nSPS) is 11.3. The molecule has 92 valence electrons. The maximum atomic E-state index is 9.78. The van der Waals surface area contributed by atoms with Gasteiger partial charge in [-0.15, -0.1) is 0 Å². The van der Waals surface area contributed by atoms with E-state index in [1.54, 1.807) is 0 Å². The highest BCUT2D eigenvalue weighted by Gasteiger charge is 2.18. The van der Waals surface area contributed by atoms with E-state index in [0.29, 0.717) is 5.39 Å². The third kappa shape index (κ3) is 1.11. The fraction of sp³-hybridized carbons (Fsp3) is 0. The van der Waals surface area contributed by atoms with Gasteiger partial charge in [-0.3, -0.25) is 0 Å². The van der Waals surface area contributed by atoms with E-state index < -0.39 is 17.2 Å². The maximum Gasteiger partial charge on any atom is 0.202 e. The summed E-state index contributed by atoms with van der Waals surface area (Å²) in [6.07, 6.45) is 0. The molecule has 1 aromatic heterocycles. The number of benzene rings is 2. The second-order valence-electron chi connectivity index (χ2n) is 3.99. The van der Waals surface area contributed by atoms with E-state index in [2.05, 4.69) is 4.98 Å². The van der Waals surface area contributed by atoms with E-state index in [1.807, 2.05) is 0 Å². The van der Waals surface area contributed by atoms with Crippen LogP contribution in [0, 0.1) is 0 Å². The van der Waals surface area contributed by atoms with Crippen molar-refractivity contribution in [3.05, 3.63) is 18.2 Å². The molecule has 1 heterocycles. The maximum absolute atomic E-state index is 9.78. The lowest BCUT2D eigenvalue weighted by atomic mass is 10.1. The van der Waals surface area contributed by atoms with Gasteiger partial charge in [0.1, 0.15) is 11.5 Å². The van der Waals surface area contributed by atoms with Crippen molar-refractivity contribution in [3.8, 4) is 28.7 Å². The van der Waals surface area contributed by atoms with E-state index >= 15 is 0 Å². The summed E-state index contributed by atoms with van der Waals surface area (Å²) in [5, 5.41) is 48.6. The Kier molecular flexibility index (Phi) is 1.81. The van der Waals surface area contributed by atoms with Crippen LogP contribution in [0.25, 0.3) is 21.8 Å². The van der Waals surface area contributed by atoms with Crippen LogP contribution in [0.4, 0.5) is 0 Å². The Balaban J connectivity index is 2.65. The molecule has 3 aromatic rings. The lowest BCUT2D eigenvalue weighted by molar-refractivity contribution is 0.371. The highest BCUT2D eigenvalue weighted by Crippen LogP contribution is 2.46. The molecule has 6 nitrogen and oxygen atoms in total. The monoisotopic (exact) mass is 247 g/mol. The van der Waals surface area contributed by atoms with Gasteiger partial charge in [0, 0.05) is 5.39 Å². The van der Waals surface area contributed by atoms with Gasteiger partial charge >= 0.3 is 0 Å². The highest BCUT2D eigenvalue weighted by atomic mass is 16.3. The second kappa shape index (κ2) is 3.13. The van der Waals surface area contributed by atoms with E-state index in [4.69, 9.17) is 0 Å². The number of fused-ring (bicyclic) bond motifs is 3. The van der Waals surface area contributed by atoms with Crippen LogP contribution in [0.2, 0.25) is 0 Å². The smallest absolute Gasteiger partial charge is 0.202 e. The quantitative estimate of drug-likeness (QED) is 0.268. The first-order valence-electron chi connectivity index (χ1n) is 5.11. The van der Waals surface area contributed by atoms with Crippen LogP contribution in [-0.4, -0.2) is 30.5 Å². The van der Waals surface area contributed by atoms with Crippen LogP contribution >= 0.6 is 0 Å². The standard InChI is InChI=1S/C12H9NO5/c14-5-1-2-6(15)10-8(5)4-3-7(16)11(17)12(18)9(4)13-10/h1-3,13-18H. The molecule has 0 radical (unpaired) electrons. The first-order valence-corrected chi connectivity index (χ1v) is 5.11. The first-order chi connectivity index (χ1) is 8.50. The molecule has 0 saturated carbocycles. The summed E-state index contributed by atoms with van der Waals surface area (Å²) < 4.78 is 0. The summed E-state index contributed by atoms with van der Waals surface area (Å²) in [7, 11) is 0. The molecule has 0 spiro atoms. The molecule has 0 aliphatic heterocycles. The molecule has 0 bridgehead atoms. The van der Waals surface area contributed by atoms with Gasteiger partial charge in [0.25, 0.3) is 0 Å². The van der Waals surface area contributed by atoms with Gasteiger partial charge in [0.2, 0.25) is 5.75 Å². The SMILES string of the molecule is Oc1cc2c([nH]c3c(O)ccc(O)c32)c(O)c1O. The molecule has 6 N–H and O–H groups in total. The third-order valence-electron chi connectivity index (χ3n) is 2.93. The van der Waals surface area contributed by atoms with E-state index in [9.17, 15) is 25.5 Å². The predicted octanol–water partition coefficient (Wildman–Crippen LogP) is 1.85. The minimum Gasteiger partial charge on any atom is -0.507 e. The molecule has 18 heavy (non-hydrogen) atoms. The predicted molar refractivity (Wildman–Crippen MR) is 64.1 cm³/mol. The molecule has 0 fully saturated rings. The van der Waals surface area contributed by atoms with E-state index in [0.717, 1.165) is 0 Å². The summed E-state index contributed by atoms with van der Waals surface area (Å²) in [6, 6.07) is 3.79. The zero-order valence-corrected chi connectivity index (χ0v) is 8.97. The summed E-state index contributed by atoms with van der Waals surface area (Å²) in [5.74, 6) is -1.94. The topological polar surface area (TPSA) is 117 Å². The number of aromatic nitrogens is 1. The van der Waals surface area contributed by atoms with Crippen molar-refractivity contribution < 1.29 is 25.5 Å². The number of phenols is 5. The van der Waals surface area contributed by atoms with Crippen molar-refractivity contribution >= 4 is 21.8 Å². The van der Waals surface area contributed by atoms with Gasteiger partial charge in [0.05, 0.1) is 16.4 Å². The summed E-state index contributed by atoms with van der Waals surface area (Å²) in [4.78, 5) is 2.69. The van der Waals surface area contributed by atoms with Crippen LogP contribution in [0.15, 0.2) is 18.2 Å². The van der Waals surface area contributed by atoms with Crippen LogP contribution in [0.5, 0.6) is 28.7 Å². The molecule has 0 amide bonds. The first kappa shape index (κ1) is 10.4. The molecular weight excluding hydrogens is 238 g/mol. The Morgan fingerprint density at radius 3 is 2.11 bits per heavy atom. The molecule has 3 rings (SSSR count). The van der Waals surface area contributed by atoms with E-state index in [1.165, 1.54) is 18.2 Å². The lowest BCUT2D eigenvalue weighted by Gasteiger charge is -2.02. The molecule has 0 unspecified atom stereocenters. The van der Waals surface area contributed by atoms with Gasteiger partial charge in [-0.05, 0) is 18.2 Å². The number of H-pyrrole nitrogens is 1. The Morgan fingerprint density at radius 2 is 1.39 bits per heavy atom. The van der Waals surface area contributed by atoms with Gasteiger partial charge in [-0.2, -0.15) is 0 Å². The fourth-order valence-corrected chi connectivity index (χ4v) is 2.07. The number of nitrogens with one attached hydrogen (secondary N) is 1. The molecular formula is C12H9NO5. The van der Waals surface area contributed by atoms with Crippen molar-refractivity contribution in [2.75, 3.05) is 0 Å². The Morgan fingerprint density at radius 1 is 0.722 bits per heavy atom. The highest BCUT2D eigenvalue weighted by molar-refractivity contribution is 6.14. The molecule has 0 aliphatic carbocycles. The van der Waals surface area contributed by atoms with Gasteiger partial charge < -0.3 is 30.5 Å². The number of hydrogen-bond acceptors (Lipinski definition) is 5. The number of aromatic amines is 1. The number of rotatable bonds is 0. The lowest BCUT2D eigenvalue weighted by Crippen LogP contribution is -1.74. The minimum absolute atomic E-state index is 0.112. The number of phenolic OH excluding ortho intramolecular Hbond substituents is 5. The summed E-state index contributed by atoms with van der Waals surface area (Å²) in [5.41, 5.74) is 0.336. The van der Waals surface area contributed by atoms with Crippen LogP contribution in [0.3, 0.4) is 0 Å².